The van der Waals surface area contributed by atoms with Crippen LogP contribution in [0.1, 0.15) is 39.5 Å². The Balaban J connectivity index is 2.63. The maximum atomic E-state index is 10.8. The summed E-state index contributed by atoms with van der Waals surface area (Å²) in [6.45, 7) is 3.84. The monoisotopic (exact) mass is 152 g/mol. The first-order valence-electron chi connectivity index (χ1n) is 4.45. The highest BCUT2D eigenvalue weighted by Gasteiger charge is 2.18. The minimum Gasteiger partial charge on any atom is -0.295 e. The zero-order valence-electron chi connectivity index (χ0n) is 7.39. The highest BCUT2D eigenvalue weighted by Crippen LogP contribution is 2.32. The summed E-state index contributed by atoms with van der Waals surface area (Å²) >= 11 is 0. The van der Waals surface area contributed by atoms with E-state index in [0.717, 1.165) is 6.42 Å². The molecule has 1 unspecified atom stereocenters. The van der Waals surface area contributed by atoms with Gasteiger partial charge in [-0.3, -0.25) is 4.79 Å². The average molecular weight is 152 g/mol. The SMILES string of the molecule is CCC1CCC/C1=C/C(C)=O. The summed E-state index contributed by atoms with van der Waals surface area (Å²) in [7, 11) is 0. The van der Waals surface area contributed by atoms with Crippen LogP contribution in [0.2, 0.25) is 0 Å². The molecule has 1 atom stereocenters. The second-order valence-electron chi connectivity index (χ2n) is 3.33. The first-order valence-corrected chi connectivity index (χ1v) is 4.45. The van der Waals surface area contributed by atoms with Gasteiger partial charge in [0.2, 0.25) is 0 Å². The van der Waals surface area contributed by atoms with Gasteiger partial charge in [-0.1, -0.05) is 12.5 Å². The summed E-state index contributed by atoms with van der Waals surface area (Å²) in [5.74, 6) is 0.916. The summed E-state index contributed by atoms with van der Waals surface area (Å²) < 4.78 is 0. The third-order valence-corrected chi connectivity index (χ3v) is 2.42. The molecule has 0 bridgehead atoms. The van der Waals surface area contributed by atoms with E-state index in [-0.39, 0.29) is 5.78 Å². The molecule has 0 spiro atoms. The van der Waals surface area contributed by atoms with Crippen molar-refractivity contribution in [3.05, 3.63) is 11.6 Å². The van der Waals surface area contributed by atoms with Crippen LogP contribution in [0.25, 0.3) is 0 Å². The number of carbonyl (C=O) groups excluding carboxylic acids is 1. The Morgan fingerprint density at radius 1 is 1.73 bits per heavy atom. The molecule has 0 saturated heterocycles. The van der Waals surface area contributed by atoms with Crippen LogP contribution in [0.15, 0.2) is 11.6 Å². The van der Waals surface area contributed by atoms with Crippen LogP contribution in [0, 0.1) is 5.92 Å². The Morgan fingerprint density at radius 2 is 2.45 bits per heavy atom. The summed E-state index contributed by atoms with van der Waals surface area (Å²) in [5.41, 5.74) is 1.39. The van der Waals surface area contributed by atoms with Crippen LogP contribution >= 0.6 is 0 Å². The Kier molecular flexibility index (Phi) is 2.86. The maximum absolute atomic E-state index is 10.8. The summed E-state index contributed by atoms with van der Waals surface area (Å²) in [4.78, 5) is 10.8. The van der Waals surface area contributed by atoms with Crippen molar-refractivity contribution in [1.82, 2.24) is 0 Å². The molecule has 1 aliphatic rings. The number of hydrogen-bond donors (Lipinski definition) is 0. The van der Waals surface area contributed by atoms with E-state index in [9.17, 15) is 4.79 Å². The van der Waals surface area contributed by atoms with Gasteiger partial charge in [0, 0.05) is 0 Å². The largest absolute Gasteiger partial charge is 0.295 e. The van der Waals surface area contributed by atoms with Crippen LogP contribution in [0.5, 0.6) is 0 Å². The van der Waals surface area contributed by atoms with Crippen LogP contribution < -0.4 is 0 Å². The molecule has 1 aliphatic carbocycles. The van der Waals surface area contributed by atoms with Gasteiger partial charge in [-0.2, -0.15) is 0 Å². The summed E-state index contributed by atoms with van der Waals surface area (Å²) in [5, 5.41) is 0. The Hall–Kier alpha value is -0.590. The molecule has 0 aliphatic heterocycles. The zero-order valence-corrected chi connectivity index (χ0v) is 7.39. The van der Waals surface area contributed by atoms with E-state index in [0.29, 0.717) is 5.92 Å². The molecule has 0 aromatic carbocycles. The topological polar surface area (TPSA) is 17.1 Å². The molecule has 0 heterocycles. The van der Waals surface area contributed by atoms with Gasteiger partial charge in [-0.25, -0.2) is 0 Å². The fraction of sp³-hybridized carbons (Fsp3) is 0.700. The lowest BCUT2D eigenvalue weighted by Crippen LogP contribution is -1.96. The second-order valence-corrected chi connectivity index (χ2v) is 3.33. The Bertz CT molecular complexity index is 179. The van der Waals surface area contributed by atoms with Crippen molar-refractivity contribution >= 4 is 5.78 Å². The van der Waals surface area contributed by atoms with Crippen LogP contribution in [-0.2, 0) is 4.79 Å². The molecule has 1 saturated carbocycles. The lowest BCUT2D eigenvalue weighted by Gasteiger charge is -2.06. The standard InChI is InChI=1S/C10H16O/c1-3-9-5-4-6-10(9)7-8(2)11/h7,9H,3-6H2,1-2H3/b10-7-. The van der Waals surface area contributed by atoms with Gasteiger partial charge in [0.1, 0.15) is 0 Å². The van der Waals surface area contributed by atoms with E-state index in [4.69, 9.17) is 0 Å². The molecular formula is C10H16O. The smallest absolute Gasteiger partial charge is 0.152 e. The maximum Gasteiger partial charge on any atom is 0.152 e. The van der Waals surface area contributed by atoms with Crippen molar-refractivity contribution in [2.45, 2.75) is 39.5 Å². The van der Waals surface area contributed by atoms with Gasteiger partial charge < -0.3 is 0 Å². The molecule has 0 aromatic rings. The van der Waals surface area contributed by atoms with Crippen molar-refractivity contribution in [2.24, 2.45) is 5.92 Å². The normalized spacial score (nSPS) is 27.8. The fourth-order valence-electron chi connectivity index (χ4n) is 1.86. The molecule has 1 nitrogen and oxygen atoms in total. The van der Waals surface area contributed by atoms with E-state index in [2.05, 4.69) is 6.92 Å². The molecule has 0 N–H and O–H groups in total. The van der Waals surface area contributed by atoms with Gasteiger partial charge in [0.15, 0.2) is 5.78 Å². The quantitative estimate of drug-likeness (QED) is 0.556. The molecule has 0 amide bonds. The first kappa shape index (κ1) is 8.51. The second kappa shape index (κ2) is 3.70. The average Bonchev–Trinajstić information content (AvgIpc) is 2.34. The van der Waals surface area contributed by atoms with E-state index >= 15 is 0 Å². The van der Waals surface area contributed by atoms with Gasteiger partial charge in [0.25, 0.3) is 0 Å². The number of rotatable bonds is 2. The molecule has 1 heteroatoms. The van der Waals surface area contributed by atoms with Crippen molar-refractivity contribution in [1.29, 1.82) is 0 Å². The van der Waals surface area contributed by atoms with Gasteiger partial charge in [-0.05, 0) is 44.6 Å². The predicted molar refractivity (Wildman–Crippen MR) is 46.4 cm³/mol. The number of carbonyl (C=O) groups is 1. The number of hydrogen-bond acceptors (Lipinski definition) is 1. The van der Waals surface area contributed by atoms with E-state index in [1.807, 2.05) is 6.08 Å². The Labute approximate surface area is 68.5 Å². The van der Waals surface area contributed by atoms with Gasteiger partial charge >= 0.3 is 0 Å². The molecule has 1 rings (SSSR count). The molecule has 62 valence electrons. The molecule has 1 fully saturated rings. The molecule has 11 heavy (non-hydrogen) atoms. The van der Waals surface area contributed by atoms with Crippen molar-refractivity contribution in [3.8, 4) is 0 Å². The molecule has 0 radical (unpaired) electrons. The van der Waals surface area contributed by atoms with Crippen LogP contribution in [0.4, 0.5) is 0 Å². The fourth-order valence-corrected chi connectivity index (χ4v) is 1.86. The van der Waals surface area contributed by atoms with Gasteiger partial charge in [0.05, 0.1) is 0 Å². The summed E-state index contributed by atoms with van der Waals surface area (Å²) in [6.07, 6.45) is 6.74. The molecule has 0 aromatic heterocycles. The lowest BCUT2D eigenvalue weighted by molar-refractivity contribution is -0.112. The zero-order chi connectivity index (χ0) is 8.27. The third kappa shape index (κ3) is 2.18. The van der Waals surface area contributed by atoms with E-state index in [1.165, 1.54) is 24.8 Å². The summed E-state index contributed by atoms with van der Waals surface area (Å²) in [6, 6.07) is 0. The predicted octanol–water partition coefficient (Wildman–Crippen LogP) is 2.71. The first-order chi connectivity index (χ1) is 5.24. The highest BCUT2D eigenvalue weighted by atomic mass is 16.1. The van der Waals surface area contributed by atoms with E-state index < -0.39 is 0 Å². The van der Waals surface area contributed by atoms with Crippen LogP contribution in [0.3, 0.4) is 0 Å². The van der Waals surface area contributed by atoms with Gasteiger partial charge in [-0.15, -0.1) is 0 Å². The van der Waals surface area contributed by atoms with Crippen molar-refractivity contribution in [3.63, 3.8) is 0 Å². The minimum atomic E-state index is 0.209. The van der Waals surface area contributed by atoms with Crippen molar-refractivity contribution < 1.29 is 4.79 Å². The number of ketones is 1. The Morgan fingerprint density at radius 3 is 3.00 bits per heavy atom. The molecular weight excluding hydrogens is 136 g/mol. The number of allylic oxidation sites excluding steroid dienone is 2. The third-order valence-electron chi connectivity index (χ3n) is 2.42. The van der Waals surface area contributed by atoms with Crippen molar-refractivity contribution in [2.75, 3.05) is 0 Å². The highest BCUT2D eigenvalue weighted by molar-refractivity contribution is 5.88. The van der Waals surface area contributed by atoms with E-state index in [1.54, 1.807) is 6.92 Å². The van der Waals surface area contributed by atoms with Crippen LogP contribution in [-0.4, -0.2) is 5.78 Å². The minimum absolute atomic E-state index is 0.209. The lowest BCUT2D eigenvalue weighted by atomic mass is 9.99.